The first-order chi connectivity index (χ1) is 7.76. The molecule has 0 saturated heterocycles. The summed E-state index contributed by atoms with van der Waals surface area (Å²) < 4.78 is 0. The van der Waals surface area contributed by atoms with Crippen LogP contribution in [-0.2, 0) is 0 Å². The van der Waals surface area contributed by atoms with E-state index in [-0.39, 0.29) is 6.03 Å². The Labute approximate surface area is 101 Å². The van der Waals surface area contributed by atoms with E-state index in [9.17, 15) is 4.79 Å². The molecular weight excluding hydrogens is 200 g/mol. The number of unbranched alkanes of at least 4 members (excludes halogenated alkanes) is 5. The van der Waals surface area contributed by atoms with E-state index in [1.165, 1.54) is 32.1 Å². The molecule has 0 heterocycles. The van der Waals surface area contributed by atoms with E-state index in [4.69, 9.17) is 0 Å². The smallest absolute Gasteiger partial charge is 0.324 e. The van der Waals surface area contributed by atoms with Crippen LogP contribution < -0.4 is 5.32 Å². The molecule has 0 aliphatic rings. The lowest BCUT2D eigenvalue weighted by Gasteiger charge is -2.17. The lowest BCUT2D eigenvalue weighted by molar-refractivity contribution is 0.202. The quantitative estimate of drug-likeness (QED) is 0.556. The van der Waals surface area contributed by atoms with E-state index in [1.54, 1.807) is 4.90 Å². The molecule has 0 saturated carbocycles. The van der Waals surface area contributed by atoms with Crippen LogP contribution in [0.5, 0.6) is 0 Å². The predicted octanol–water partition coefficient (Wildman–Crippen LogP) is 3.41. The van der Waals surface area contributed by atoms with Crippen molar-refractivity contribution in [2.75, 3.05) is 19.6 Å². The highest BCUT2D eigenvalue weighted by Gasteiger charge is 2.08. The molecule has 0 N–H and O–H groups in total. The van der Waals surface area contributed by atoms with E-state index in [0.29, 0.717) is 6.54 Å². The molecule has 3 nitrogen and oxygen atoms in total. The van der Waals surface area contributed by atoms with Gasteiger partial charge < -0.3 is 4.90 Å². The van der Waals surface area contributed by atoms with Crippen LogP contribution in [0.4, 0.5) is 4.79 Å². The zero-order valence-corrected chi connectivity index (χ0v) is 11.2. The van der Waals surface area contributed by atoms with Gasteiger partial charge in [0.05, 0.1) is 0 Å². The zero-order valence-electron chi connectivity index (χ0n) is 11.2. The van der Waals surface area contributed by atoms with Gasteiger partial charge in [-0.25, -0.2) is 10.1 Å². The molecule has 0 fully saturated rings. The molecule has 3 heteroatoms. The normalized spacial score (nSPS) is 10.2. The highest BCUT2D eigenvalue weighted by Crippen LogP contribution is 2.04. The third-order valence-electron chi connectivity index (χ3n) is 2.79. The topological polar surface area (TPSA) is 34.4 Å². The number of urea groups is 1. The van der Waals surface area contributed by atoms with Crippen LogP contribution >= 0.6 is 0 Å². The van der Waals surface area contributed by atoms with Gasteiger partial charge in [-0.3, -0.25) is 0 Å². The van der Waals surface area contributed by atoms with Crippen molar-refractivity contribution in [3.63, 3.8) is 0 Å². The summed E-state index contributed by atoms with van der Waals surface area (Å²) in [5.74, 6) is 0. The van der Waals surface area contributed by atoms with Crippen molar-refractivity contribution in [3.05, 3.63) is 0 Å². The summed E-state index contributed by atoms with van der Waals surface area (Å²) in [5.41, 5.74) is 0. The summed E-state index contributed by atoms with van der Waals surface area (Å²) >= 11 is 0. The maximum Gasteiger partial charge on any atom is 0.338 e. The second-order valence-electron chi connectivity index (χ2n) is 4.10. The van der Waals surface area contributed by atoms with Gasteiger partial charge in [-0.1, -0.05) is 39.0 Å². The summed E-state index contributed by atoms with van der Waals surface area (Å²) in [4.78, 5) is 13.3. The number of hydrogen-bond donors (Lipinski definition) is 0. The molecular formula is C13H27N2O. The van der Waals surface area contributed by atoms with Gasteiger partial charge in [0.15, 0.2) is 0 Å². The molecule has 95 valence electrons. The molecule has 0 aromatic heterocycles. The first-order valence-corrected chi connectivity index (χ1v) is 6.72. The lowest BCUT2D eigenvalue weighted by Crippen LogP contribution is -2.36. The minimum atomic E-state index is -0.0430. The molecule has 16 heavy (non-hydrogen) atoms. The molecule has 0 aromatic rings. The highest BCUT2D eigenvalue weighted by atomic mass is 16.2. The molecule has 0 aromatic carbocycles. The van der Waals surface area contributed by atoms with Gasteiger partial charge in [-0.15, -0.1) is 0 Å². The Morgan fingerprint density at radius 2 is 1.50 bits per heavy atom. The molecule has 2 amide bonds. The van der Waals surface area contributed by atoms with Crippen LogP contribution in [-0.4, -0.2) is 30.6 Å². The number of carbonyl (C=O) groups excluding carboxylic acids is 1. The summed E-state index contributed by atoms with van der Waals surface area (Å²) in [6.07, 6.45) is 7.47. The fourth-order valence-electron chi connectivity index (χ4n) is 1.66. The van der Waals surface area contributed by atoms with Crippen molar-refractivity contribution >= 4 is 6.03 Å². The van der Waals surface area contributed by atoms with Crippen molar-refractivity contribution < 1.29 is 4.79 Å². The first-order valence-electron chi connectivity index (χ1n) is 6.72. The molecule has 0 unspecified atom stereocenters. The standard InChI is InChI=1S/C13H27N2O/c1-4-7-8-9-10-11-12-14-13(16)15(5-2)6-3/h4-12H2,1-3H3. The maximum absolute atomic E-state index is 11.5. The SMILES string of the molecule is CCCCCCCC[N]C(=O)N(CC)CC. The molecule has 0 bridgehead atoms. The number of rotatable bonds is 9. The van der Waals surface area contributed by atoms with E-state index < -0.39 is 0 Å². The minimum absolute atomic E-state index is 0.0430. The third kappa shape index (κ3) is 7.55. The summed E-state index contributed by atoms with van der Waals surface area (Å²) in [5, 5.41) is 4.07. The third-order valence-corrected chi connectivity index (χ3v) is 2.79. The maximum atomic E-state index is 11.5. The largest absolute Gasteiger partial charge is 0.338 e. The predicted molar refractivity (Wildman–Crippen MR) is 68.7 cm³/mol. The van der Waals surface area contributed by atoms with Gasteiger partial charge in [-0.2, -0.15) is 0 Å². The fraction of sp³-hybridized carbons (Fsp3) is 0.923. The lowest BCUT2D eigenvalue weighted by atomic mass is 10.1. The van der Waals surface area contributed by atoms with Crippen LogP contribution in [0.1, 0.15) is 59.3 Å². The van der Waals surface area contributed by atoms with Gasteiger partial charge in [0.2, 0.25) is 0 Å². The summed E-state index contributed by atoms with van der Waals surface area (Å²) in [7, 11) is 0. The van der Waals surface area contributed by atoms with Crippen molar-refractivity contribution in [2.45, 2.75) is 59.3 Å². The molecule has 0 atom stereocenters. The molecule has 0 rings (SSSR count). The number of nitrogens with zero attached hydrogens (tertiary/aromatic N) is 2. The van der Waals surface area contributed by atoms with Gasteiger partial charge >= 0.3 is 6.03 Å². The van der Waals surface area contributed by atoms with Crippen molar-refractivity contribution in [1.82, 2.24) is 10.2 Å². The summed E-state index contributed by atoms with van der Waals surface area (Å²) in [6.45, 7) is 8.41. The van der Waals surface area contributed by atoms with Gasteiger partial charge in [0.25, 0.3) is 0 Å². The number of amides is 2. The van der Waals surface area contributed by atoms with Crippen LogP contribution in [0.3, 0.4) is 0 Å². The molecule has 0 aliphatic heterocycles. The zero-order chi connectivity index (χ0) is 12.2. The molecule has 0 spiro atoms. The Kier molecular flexibility index (Phi) is 10.3. The average Bonchev–Trinajstić information content (AvgIpc) is 2.29. The van der Waals surface area contributed by atoms with Gasteiger partial charge in [0, 0.05) is 19.6 Å². The monoisotopic (exact) mass is 227 g/mol. The van der Waals surface area contributed by atoms with Crippen LogP contribution in [0, 0.1) is 0 Å². The van der Waals surface area contributed by atoms with Crippen LogP contribution in [0.25, 0.3) is 0 Å². The first kappa shape index (κ1) is 15.3. The second kappa shape index (κ2) is 10.8. The van der Waals surface area contributed by atoms with E-state index in [2.05, 4.69) is 12.2 Å². The van der Waals surface area contributed by atoms with Crippen LogP contribution in [0.15, 0.2) is 0 Å². The molecule has 0 aliphatic carbocycles. The van der Waals surface area contributed by atoms with Crippen molar-refractivity contribution in [3.8, 4) is 0 Å². The fourth-order valence-corrected chi connectivity index (χ4v) is 1.66. The van der Waals surface area contributed by atoms with E-state index in [0.717, 1.165) is 19.5 Å². The number of hydrogen-bond acceptors (Lipinski definition) is 1. The summed E-state index contributed by atoms with van der Waals surface area (Å²) in [6, 6.07) is -0.0430. The van der Waals surface area contributed by atoms with Crippen LogP contribution in [0.2, 0.25) is 0 Å². The Morgan fingerprint density at radius 3 is 2.06 bits per heavy atom. The Balaban J connectivity index is 3.33. The molecule has 1 radical (unpaired) electrons. The van der Waals surface area contributed by atoms with Crippen molar-refractivity contribution in [1.29, 1.82) is 0 Å². The minimum Gasteiger partial charge on any atom is -0.324 e. The Bertz CT molecular complexity index is 167. The van der Waals surface area contributed by atoms with Gasteiger partial charge in [0.1, 0.15) is 0 Å². The second-order valence-corrected chi connectivity index (χ2v) is 4.10. The van der Waals surface area contributed by atoms with Gasteiger partial charge in [-0.05, 0) is 20.3 Å². The Hall–Kier alpha value is -0.730. The van der Waals surface area contributed by atoms with E-state index in [1.807, 2.05) is 13.8 Å². The van der Waals surface area contributed by atoms with Crippen molar-refractivity contribution in [2.24, 2.45) is 0 Å². The van der Waals surface area contributed by atoms with E-state index >= 15 is 0 Å². The Morgan fingerprint density at radius 1 is 0.938 bits per heavy atom. The average molecular weight is 227 g/mol. The number of carbonyl (C=O) groups is 1. The highest BCUT2D eigenvalue weighted by molar-refractivity contribution is 5.73.